The van der Waals surface area contributed by atoms with Gasteiger partial charge in [-0.3, -0.25) is 9.57 Å². The average molecular weight is 303 g/mol. The summed E-state index contributed by atoms with van der Waals surface area (Å²) in [5.74, 6) is -2.38. The van der Waals surface area contributed by atoms with Crippen molar-refractivity contribution in [1.82, 2.24) is 5.48 Å². The molecule has 1 saturated carbocycles. The Morgan fingerprint density at radius 2 is 1.91 bits per heavy atom. The Morgan fingerprint density at radius 1 is 1.14 bits per heavy atom. The van der Waals surface area contributed by atoms with E-state index >= 15 is 0 Å². The number of rotatable bonds is 2. The minimum absolute atomic E-state index is 0.0497. The Kier molecular flexibility index (Phi) is 3.44. The maximum absolute atomic E-state index is 12.4. The quantitative estimate of drug-likeness (QED) is 0.851. The lowest BCUT2D eigenvalue weighted by atomic mass is 9.94. The number of ether oxygens (including phenoxy) is 2. The van der Waals surface area contributed by atoms with E-state index in [2.05, 4.69) is 17.6 Å². The van der Waals surface area contributed by atoms with E-state index in [0.717, 1.165) is 32.1 Å². The Hall–Kier alpha value is -1.43. The standard InChI is InChI=1S/C17H21NO4/c19-15-17(21-16(20-15)9-5-2-6-10-16)12-14(18-22-17)11-13-7-3-1-4-8-13/h1,3-4,7-8,14,18H,2,5-6,9-12H2/t14-,17+/m0/s1. The first-order valence-corrected chi connectivity index (χ1v) is 8.11. The molecule has 0 unspecified atom stereocenters. The van der Waals surface area contributed by atoms with E-state index in [-0.39, 0.29) is 12.0 Å². The lowest BCUT2D eigenvalue weighted by Crippen LogP contribution is -2.39. The summed E-state index contributed by atoms with van der Waals surface area (Å²) in [6, 6.07) is 10.2. The first-order chi connectivity index (χ1) is 10.7. The van der Waals surface area contributed by atoms with Crippen LogP contribution in [-0.2, 0) is 25.5 Å². The van der Waals surface area contributed by atoms with E-state index in [1.165, 1.54) is 12.0 Å². The third-order valence-corrected chi connectivity index (χ3v) is 4.79. The summed E-state index contributed by atoms with van der Waals surface area (Å²) in [6.07, 6.45) is 6.06. The number of hydrogen-bond acceptors (Lipinski definition) is 5. The van der Waals surface area contributed by atoms with Crippen molar-refractivity contribution in [1.29, 1.82) is 0 Å². The molecule has 2 aliphatic heterocycles. The maximum atomic E-state index is 12.4. The Bertz CT molecular complexity index is 555. The molecule has 3 fully saturated rings. The highest BCUT2D eigenvalue weighted by Gasteiger charge is 2.62. The molecule has 1 aromatic carbocycles. The lowest BCUT2D eigenvalue weighted by Gasteiger charge is -2.31. The number of hydroxylamine groups is 1. The van der Waals surface area contributed by atoms with Gasteiger partial charge in [-0.05, 0) is 24.8 Å². The molecule has 4 rings (SSSR count). The van der Waals surface area contributed by atoms with Gasteiger partial charge >= 0.3 is 5.97 Å². The predicted molar refractivity (Wildman–Crippen MR) is 78.5 cm³/mol. The second-order valence-corrected chi connectivity index (χ2v) is 6.53. The number of esters is 1. The molecule has 0 bridgehead atoms. The van der Waals surface area contributed by atoms with Gasteiger partial charge in [0.2, 0.25) is 5.79 Å². The van der Waals surface area contributed by atoms with E-state index in [1.807, 2.05) is 18.2 Å². The maximum Gasteiger partial charge on any atom is 0.371 e. The van der Waals surface area contributed by atoms with Gasteiger partial charge < -0.3 is 4.74 Å². The van der Waals surface area contributed by atoms with Crippen molar-refractivity contribution in [3.05, 3.63) is 35.9 Å². The Morgan fingerprint density at radius 3 is 2.68 bits per heavy atom. The van der Waals surface area contributed by atoms with Gasteiger partial charge in [-0.1, -0.05) is 36.8 Å². The smallest absolute Gasteiger partial charge is 0.371 e. The molecule has 0 radical (unpaired) electrons. The Balaban J connectivity index is 1.46. The van der Waals surface area contributed by atoms with Crippen LogP contribution in [0.2, 0.25) is 0 Å². The summed E-state index contributed by atoms with van der Waals surface area (Å²) in [5, 5.41) is 0. The fourth-order valence-electron chi connectivity index (χ4n) is 3.69. The third kappa shape index (κ3) is 2.43. The van der Waals surface area contributed by atoms with Crippen molar-refractivity contribution < 1.29 is 19.1 Å². The van der Waals surface area contributed by atoms with Crippen LogP contribution in [0.1, 0.15) is 44.1 Å². The minimum atomic E-state index is -1.25. The van der Waals surface area contributed by atoms with E-state index in [9.17, 15) is 4.79 Å². The monoisotopic (exact) mass is 303 g/mol. The van der Waals surface area contributed by atoms with Crippen LogP contribution in [0.4, 0.5) is 0 Å². The molecule has 0 amide bonds. The van der Waals surface area contributed by atoms with Crippen molar-refractivity contribution in [2.45, 2.75) is 62.6 Å². The van der Waals surface area contributed by atoms with Crippen molar-refractivity contribution >= 4 is 5.97 Å². The van der Waals surface area contributed by atoms with Crippen molar-refractivity contribution in [2.24, 2.45) is 0 Å². The molecule has 1 aliphatic carbocycles. The number of carbonyl (C=O) groups excluding carboxylic acids is 1. The molecule has 2 heterocycles. The van der Waals surface area contributed by atoms with Crippen molar-refractivity contribution in [2.75, 3.05) is 0 Å². The number of carbonyl (C=O) groups is 1. The van der Waals surface area contributed by atoms with E-state index in [1.54, 1.807) is 0 Å². The average Bonchev–Trinajstić information content (AvgIpc) is 3.03. The normalized spacial score (nSPS) is 33.5. The predicted octanol–water partition coefficient (Wildman–Crippen LogP) is 2.45. The molecule has 118 valence electrons. The van der Waals surface area contributed by atoms with E-state index in [4.69, 9.17) is 14.3 Å². The first kappa shape index (κ1) is 14.2. The summed E-state index contributed by atoms with van der Waals surface area (Å²) in [6.45, 7) is 0. The molecule has 22 heavy (non-hydrogen) atoms. The fraction of sp³-hybridized carbons (Fsp3) is 0.588. The largest absolute Gasteiger partial charge is 0.429 e. The Labute approximate surface area is 129 Å². The summed E-state index contributed by atoms with van der Waals surface area (Å²) in [4.78, 5) is 17.9. The summed E-state index contributed by atoms with van der Waals surface area (Å²) >= 11 is 0. The highest BCUT2D eigenvalue weighted by molar-refractivity contribution is 5.80. The van der Waals surface area contributed by atoms with Gasteiger partial charge in [-0.2, -0.15) is 5.48 Å². The molecule has 1 aromatic rings. The zero-order valence-corrected chi connectivity index (χ0v) is 12.5. The summed E-state index contributed by atoms with van der Waals surface area (Å²) in [5.41, 5.74) is 4.17. The van der Waals surface area contributed by atoms with Gasteiger partial charge in [0.15, 0.2) is 0 Å². The van der Waals surface area contributed by atoms with Crippen LogP contribution in [0.25, 0.3) is 0 Å². The van der Waals surface area contributed by atoms with Crippen molar-refractivity contribution in [3.8, 4) is 0 Å². The van der Waals surface area contributed by atoms with E-state index < -0.39 is 11.6 Å². The number of hydrogen-bond donors (Lipinski definition) is 1. The van der Waals surface area contributed by atoms with E-state index in [0.29, 0.717) is 6.42 Å². The highest BCUT2D eigenvalue weighted by Crippen LogP contribution is 2.46. The summed E-state index contributed by atoms with van der Waals surface area (Å²) < 4.78 is 11.7. The van der Waals surface area contributed by atoms with Gasteiger partial charge in [-0.25, -0.2) is 4.79 Å². The van der Waals surface area contributed by atoms with Crippen LogP contribution in [0.5, 0.6) is 0 Å². The van der Waals surface area contributed by atoms with Crippen LogP contribution < -0.4 is 5.48 Å². The molecule has 5 nitrogen and oxygen atoms in total. The van der Waals surface area contributed by atoms with Gasteiger partial charge in [0.05, 0.1) is 0 Å². The zero-order chi connectivity index (χ0) is 15.0. The van der Waals surface area contributed by atoms with Crippen LogP contribution in [0.15, 0.2) is 30.3 Å². The highest BCUT2D eigenvalue weighted by atomic mass is 16.9. The van der Waals surface area contributed by atoms with Gasteiger partial charge in [0.25, 0.3) is 5.79 Å². The SMILES string of the molecule is O=C1OC2(CCCCC2)O[C@@]12C[C@H](Cc1ccccc1)NO2. The third-order valence-electron chi connectivity index (χ3n) is 4.79. The van der Waals surface area contributed by atoms with Gasteiger partial charge in [0, 0.05) is 25.3 Å². The molecule has 3 aliphatic rings. The van der Waals surface area contributed by atoms with Crippen LogP contribution in [0, 0.1) is 0 Å². The van der Waals surface area contributed by atoms with Crippen LogP contribution in [-0.4, -0.2) is 23.6 Å². The number of nitrogens with one attached hydrogen (secondary N) is 1. The lowest BCUT2D eigenvalue weighted by molar-refractivity contribution is -0.270. The second kappa shape index (κ2) is 5.33. The van der Waals surface area contributed by atoms with Gasteiger partial charge in [-0.15, -0.1) is 0 Å². The first-order valence-electron chi connectivity index (χ1n) is 8.11. The second-order valence-electron chi connectivity index (χ2n) is 6.53. The molecule has 5 heteroatoms. The molecule has 2 atom stereocenters. The molecule has 1 N–H and O–H groups in total. The van der Waals surface area contributed by atoms with Crippen LogP contribution in [0.3, 0.4) is 0 Å². The van der Waals surface area contributed by atoms with Crippen molar-refractivity contribution in [3.63, 3.8) is 0 Å². The molecule has 2 saturated heterocycles. The zero-order valence-electron chi connectivity index (χ0n) is 12.5. The minimum Gasteiger partial charge on any atom is -0.429 e. The topological polar surface area (TPSA) is 56.8 Å². The molecule has 2 spiro atoms. The summed E-state index contributed by atoms with van der Waals surface area (Å²) in [7, 11) is 0. The molecular weight excluding hydrogens is 282 g/mol. The molecule has 0 aromatic heterocycles. The molecular formula is C17H21NO4. The number of benzene rings is 1. The van der Waals surface area contributed by atoms with Crippen LogP contribution >= 0.6 is 0 Å². The van der Waals surface area contributed by atoms with Gasteiger partial charge in [0.1, 0.15) is 0 Å². The fourth-order valence-corrected chi connectivity index (χ4v) is 3.69.